The smallest absolute Gasteiger partial charge is 0.382 e. The molecule has 1 unspecified atom stereocenters. The number of hydrogen-bond acceptors (Lipinski definition) is 2. The molecule has 0 aromatic heterocycles. The van der Waals surface area contributed by atoms with Gasteiger partial charge in [0.1, 0.15) is 0 Å². The summed E-state index contributed by atoms with van der Waals surface area (Å²) in [6.45, 7) is -0.995. The average molecular weight is 363 g/mol. The van der Waals surface area contributed by atoms with Gasteiger partial charge in [-0.25, -0.2) is 0 Å². The molecule has 2 aromatic carbocycles. The Bertz CT molecular complexity index is 684. The van der Waals surface area contributed by atoms with Crippen LogP contribution < -0.4 is 4.90 Å². The molecular formula is C17H15F6NO. The maximum Gasteiger partial charge on any atom is 0.416 e. The highest BCUT2D eigenvalue weighted by Crippen LogP contribution is 2.30. The van der Waals surface area contributed by atoms with Crippen molar-refractivity contribution in [1.29, 1.82) is 0 Å². The Morgan fingerprint density at radius 3 is 2.08 bits per heavy atom. The summed E-state index contributed by atoms with van der Waals surface area (Å²) >= 11 is 0. The fraction of sp³-hybridized carbons (Fsp3) is 0.294. The minimum atomic E-state index is -4.82. The van der Waals surface area contributed by atoms with Gasteiger partial charge < -0.3 is 10.0 Å². The van der Waals surface area contributed by atoms with Crippen LogP contribution in [0.25, 0.3) is 0 Å². The molecule has 0 spiro atoms. The van der Waals surface area contributed by atoms with Crippen molar-refractivity contribution < 1.29 is 31.4 Å². The number of alkyl halides is 6. The quantitative estimate of drug-likeness (QED) is 0.783. The van der Waals surface area contributed by atoms with Crippen LogP contribution >= 0.6 is 0 Å². The van der Waals surface area contributed by atoms with Gasteiger partial charge in [-0.2, -0.15) is 26.3 Å². The van der Waals surface area contributed by atoms with Crippen LogP contribution in [0.5, 0.6) is 0 Å². The van der Waals surface area contributed by atoms with Crippen LogP contribution in [0.4, 0.5) is 32.0 Å². The molecule has 0 fully saturated rings. The van der Waals surface area contributed by atoms with Crippen LogP contribution in [0.15, 0.2) is 54.6 Å². The molecule has 0 aliphatic carbocycles. The summed E-state index contributed by atoms with van der Waals surface area (Å²) in [5, 5.41) is 9.33. The first kappa shape index (κ1) is 19.1. The third kappa shape index (κ3) is 5.38. The zero-order valence-electron chi connectivity index (χ0n) is 12.8. The number of aliphatic hydroxyl groups excluding tert-OH is 1. The Morgan fingerprint density at radius 2 is 1.52 bits per heavy atom. The molecule has 1 atom stereocenters. The van der Waals surface area contributed by atoms with E-state index in [1.807, 2.05) is 0 Å². The van der Waals surface area contributed by atoms with Crippen molar-refractivity contribution in [2.45, 2.75) is 25.0 Å². The van der Waals surface area contributed by atoms with Crippen LogP contribution in [0.3, 0.4) is 0 Å². The van der Waals surface area contributed by atoms with E-state index in [1.165, 1.54) is 29.2 Å². The third-order valence-electron chi connectivity index (χ3n) is 3.52. The van der Waals surface area contributed by atoms with Crippen molar-refractivity contribution >= 4 is 5.69 Å². The highest BCUT2D eigenvalue weighted by atomic mass is 19.4. The second kappa shape index (κ2) is 7.35. The van der Waals surface area contributed by atoms with E-state index in [-0.39, 0.29) is 12.1 Å². The highest BCUT2D eigenvalue weighted by molar-refractivity contribution is 5.47. The van der Waals surface area contributed by atoms with Crippen molar-refractivity contribution in [2.75, 3.05) is 11.4 Å². The minimum Gasteiger partial charge on any atom is -0.382 e. The largest absolute Gasteiger partial charge is 0.416 e. The lowest BCUT2D eigenvalue weighted by molar-refractivity contribution is -0.200. The summed E-state index contributed by atoms with van der Waals surface area (Å²) in [7, 11) is 0. The minimum absolute atomic E-state index is 0.188. The predicted molar refractivity (Wildman–Crippen MR) is 81.0 cm³/mol. The summed E-state index contributed by atoms with van der Waals surface area (Å²) < 4.78 is 76.4. The Kier molecular flexibility index (Phi) is 5.62. The molecule has 2 aromatic rings. The van der Waals surface area contributed by atoms with Gasteiger partial charge in [-0.3, -0.25) is 0 Å². The maximum absolute atomic E-state index is 12.8. The van der Waals surface area contributed by atoms with Crippen LogP contribution in [0, 0.1) is 0 Å². The third-order valence-corrected chi connectivity index (χ3v) is 3.52. The molecule has 0 saturated heterocycles. The SMILES string of the molecule is OC(CN(Cc1cccc(C(F)(F)F)c1)c1ccccc1)C(F)(F)F. The number of rotatable bonds is 5. The molecule has 2 nitrogen and oxygen atoms in total. The molecule has 0 saturated carbocycles. The number of aliphatic hydroxyl groups is 1. The highest BCUT2D eigenvalue weighted by Gasteiger charge is 2.39. The lowest BCUT2D eigenvalue weighted by atomic mass is 10.1. The molecule has 0 radical (unpaired) electrons. The molecule has 25 heavy (non-hydrogen) atoms. The van der Waals surface area contributed by atoms with Gasteiger partial charge in [-0.1, -0.05) is 30.3 Å². The van der Waals surface area contributed by atoms with Crippen molar-refractivity contribution in [1.82, 2.24) is 0 Å². The summed E-state index contributed by atoms with van der Waals surface area (Å²) in [6, 6.07) is 12.3. The number of para-hydroxylation sites is 1. The first-order valence-corrected chi connectivity index (χ1v) is 7.28. The topological polar surface area (TPSA) is 23.5 Å². The van der Waals surface area contributed by atoms with Gasteiger partial charge >= 0.3 is 12.4 Å². The Morgan fingerprint density at radius 1 is 0.880 bits per heavy atom. The van der Waals surface area contributed by atoms with Gasteiger partial charge in [0.15, 0.2) is 6.10 Å². The van der Waals surface area contributed by atoms with Crippen LogP contribution in [-0.4, -0.2) is 23.9 Å². The number of halogens is 6. The first-order chi connectivity index (χ1) is 11.6. The van der Waals surface area contributed by atoms with Gasteiger partial charge in [0.05, 0.1) is 12.1 Å². The van der Waals surface area contributed by atoms with Gasteiger partial charge in [-0.05, 0) is 29.8 Å². The second-order valence-corrected chi connectivity index (χ2v) is 5.47. The number of anilines is 1. The maximum atomic E-state index is 12.8. The summed E-state index contributed by atoms with van der Waals surface area (Å²) in [5.41, 5.74) is -0.328. The lowest BCUT2D eigenvalue weighted by Crippen LogP contribution is -2.40. The predicted octanol–water partition coefficient (Wildman–Crippen LogP) is 4.64. The zero-order valence-corrected chi connectivity index (χ0v) is 12.8. The molecule has 0 aliphatic heterocycles. The fourth-order valence-corrected chi connectivity index (χ4v) is 2.28. The van der Waals surface area contributed by atoms with E-state index in [9.17, 15) is 31.4 Å². The Hall–Kier alpha value is -2.22. The molecule has 2 rings (SSSR count). The van der Waals surface area contributed by atoms with Crippen LogP contribution in [0.2, 0.25) is 0 Å². The van der Waals surface area contributed by atoms with E-state index in [1.54, 1.807) is 18.2 Å². The van der Waals surface area contributed by atoms with Gasteiger partial charge in [0.2, 0.25) is 0 Å². The molecule has 136 valence electrons. The Labute approximate surface area is 140 Å². The monoisotopic (exact) mass is 363 g/mol. The van der Waals surface area contributed by atoms with E-state index in [2.05, 4.69) is 0 Å². The zero-order chi connectivity index (χ0) is 18.7. The summed E-state index contributed by atoms with van der Waals surface area (Å²) in [5.74, 6) is 0. The molecule has 0 amide bonds. The van der Waals surface area contributed by atoms with E-state index < -0.39 is 30.6 Å². The second-order valence-electron chi connectivity index (χ2n) is 5.47. The summed E-state index contributed by atoms with van der Waals surface area (Å²) in [6.07, 6.45) is -12.0. The molecule has 1 N–H and O–H groups in total. The lowest BCUT2D eigenvalue weighted by Gasteiger charge is -2.28. The van der Waals surface area contributed by atoms with Crippen LogP contribution in [0.1, 0.15) is 11.1 Å². The van der Waals surface area contributed by atoms with Gasteiger partial charge in [-0.15, -0.1) is 0 Å². The van der Waals surface area contributed by atoms with Crippen molar-refractivity contribution in [3.05, 3.63) is 65.7 Å². The molecule has 0 heterocycles. The van der Waals surface area contributed by atoms with Gasteiger partial charge in [0, 0.05) is 12.2 Å². The number of nitrogens with zero attached hydrogens (tertiary/aromatic N) is 1. The fourth-order valence-electron chi connectivity index (χ4n) is 2.28. The number of benzene rings is 2. The van der Waals surface area contributed by atoms with E-state index in [0.717, 1.165) is 12.1 Å². The van der Waals surface area contributed by atoms with Gasteiger partial charge in [0.25, 0.3) is 0 Å². The van der Waals surface area contributed by atoms with Crippen molar-refractivity contribution in [3.63, 3.8) is 0 Å². The molecule has 0 bridgehead atoms. The van der Waals surface area contributed by atoms with E-state index in [4.69, 9.17) is 0 Å². The van der Waals surface area contributed by atoms with E-state index >= 15 is 0 Å². The standard InChI is InChI=1S/C17H15F6NO/c18-16(19,20)13-6-4-5-12(9-13)10-24(11-15(25)17(21,22)23)14-7-2-1-3-8-14/h1-9,15,25H,10-11H2. The average Bonchev–Trinajstić information content (AvgIpc) is 2.53. The normalized spacial score (nSPS) is 13.6. The first-order valence-electron chi connectivity index (χ1n) is 7.28. The van der Waals surface area contributed by atoms with Crippen LogP contribution in [-0.2, 0) is 12.7 Å². The van der Waals surface area contributed by atoms with Crippen molar-refractivity contribution in [3.8, 4) is 0 Å². The van der Waals surface area contributed by atoms with Crippen molar-refractivity contribution in [2.24, 2.45) is 0 Å². The molecular weight excluding hydrogens is 348 g/mol. The Balaban J connectivity index is 2.28. The number of hydrogen-bond donors (Lipinski definition) is 1. The summed E-state index contributed by atoms with van der Waals surface area (Å²) in [4.78, 5) is 1.19. The molecule has 8 heteroatoms. The van der Waals surface area contributed by atoms with E-state index in [0.29, 0.717) is 5.69 Å². The molecule has 0 aliphatic rings.